The topological polar surface area (TPSA) is 41.5 Å². The maximum atomic E-state index is 10.3. The quantitative estimate of drug-likeness (QED) is 0.811. The Labute approximate surface area is 128 Å². The standard InChI is InChI=1S/C18H29NO2/c1-14(12-17-8-10-21-11-9-17)19-15(2)18(20)13-16-6-4-3-5-7-16/h3-7,14-15,17-20H,8-13H2,1-2H3. The normalized spacial score (nSPS) is 20.9. The summed E-state index contributed by atoms with van der Waals surface area (Å²) in [6.45, 7) is 6.11. The molecule has 0 amide bonds. The van der Waals surface area contributed by atoms with E-state index < -0.39 is 0 Å². The number of aliphatic hydroxyl groups excluding tert-OH is 1. The average molecular weight is 291 g/mol. The molecule has 3 atom stereocenters. The second-order valence-electron chi connectivity index (χ2n) is 6.40. The fourth-order valence-electron chi connectivity index (χ4n) is 3.14. The van der Waals surface area contributed by atoms with Gasteiger partial charge in [0.05, 0.1) is 6.10 Å². The van der Waals surface area contributed by atoms with E-state index in [1.54, 1.807) is 0 Å². The first-order chi connectivity index (χ1) is 10.1. The van der Waals surface area contributed by atoms with Crippen molar-refractivity contribution < 1.29 is 9.84 Å². The van der Waals surface area contributed by atoms with Gasteiger partial charge in [0.25, 0.3) is 0 Å². The maximum Gasteiger partial charge on any atom is 0.0730 e. The van der Waals surface area contributed by atoms with Gasteiger partial charge in [-0.1, -0.05) is 30.3 Å². The zero-order valence-electron chi connectivity index (χ0n) is 13.3. The minimum Gasteiger partial charge on any atom is -0.391 e. The molecule has 1 aliphatic heterocycles. The average Bonchev–Trinajstić information content (AvgIpc) is 2.49. The summed E-state index contributed by atoms with van der Waals surface area (Å²) in [4.78, 5) is 0. The van der Waals surface area contributed by atoms with E-state index >= 15 is 0 Å². The van der Waals surface area contributed by atoms with Crippen molar-refractivity contribution in [2.45, 2.75) is 57.7 Å². The van der Waals surface area contributed by atoms with Crippen molar-refractivity contribution in [3.8, 4) is 0 Å². The monoisotopic (exact) mass is 291 g/mol. The lowest BCUT2D eigenvalue weighted by atomic mass is 9.92. The molecule has 1 aromatic carbocycles. The molecule has 0 bridgehead atoms. The predicted octanol–water partition coefficient (Wildman–Crippen LogP) is 2.77. The van der Waals surface area contributed by atoms with E-state index in [4.69, 9.17) is 4.74 Å². The van der Waals surface area contributed by atoms with Crippen LogP contribution in [0.5, 0.6) is 0 Å². The smallest absolute Gasteiger partial charge is 0.0730 e. The summed E-state index contributed by atoms with van der Waals surface area (Å²) in [7, 11) is 0. The molecular weight excluding hydrogens is 262 g/mol. The third kappa shape index (κ3) is 5.77. The van der Waals surface area contributed by atoms with Crippen LogP contribution in [0.25, 0.3) is 0 Å². The SMILES string of the molecule is CC(CC1CCOCC1)NC(C)C(O)Cc1ccccc1. The van der Waals surface area contributed by atoms with Crippen molar-refractivity contribution in [3.63, 3.8) is 0 Å². The number of aliphatic hydroxyl groups is 1. The van der Waals surface area contributed by atoms with E-state index in [2.05, 4.69) is 31.3 Å². The Kier molecular flexibility index (Phi) is 6.68. The Balaban J connectivity index is 1.73. The molecule has 0 aliphatic carbocycles. The fraction of sp³-hybridized carbons (Fsp3) is 0.667. The third-order valence-electron chi connectivity index (χ3n) is 4.44. The summed E-state index contributed by atoms with van der Waals surface area (Å²) >= 11 is 0. The Hall–Kier alpha value is -0.900. The van der Waals surface area contributed by atoms with Gasteiger partial charge in [0.15, 0.2) is 0 Å². The molecule has 0 saturated carbocycles. The van der Waals surface area contributed by atoms with Crippen molar-refractivity contribution >= 4 is 0 Å². The molecular formula is C18H29NO2. The van der Waals surface area contributed by atoms with Crippen LogP contribution in [0.3, 0.4) is 0 Å². The van der Waals surface area contributed by atoms with Crippen LogP contribution < -0.4 is 5.32 Å². The van der Waals surface area contributed by atoms with Crippen molar-refractivity contribution in [2.75, 3.05) is 13.2 Å². The molecule has 3 nitrogen and oxygen atoms in total. The number of benzene rings is 1. The Bertz CT molecular complexity index is 389. The van der Waals surface area contributed by atoms with Crippen molar-refractivity contribution in [3.05, 3.63) is 35.9 Å². The fourth-order valence-corrected chi connectivity index (χ4v) is 3.14. The van der Waals surface area contributed by atoms with Crippen LogP contribution in [0.2, 0.25) is 0 Å². The van der Waals surface area contributed by atoms with Crippen molar-refractivity contribution in [1.29, 1.82) is 0 Å². The van der Waals surface area contributed by atoms with Gasteiger partial charge in [-0.3, -0.25) is 0 Å². The van der Waals surface area contributed by atoms with E-state index in [0.29, 0.717) is 12.5 Å². The molecule has 1 heterocycles. The van der Waals surface area contributed by atoms with Gasteiger partial charge in [-0.15, -0.1) is 0 Å². The molecule has 3 unspecified atom stereocenters. The first kappa shape index (κ1) is 16.5. The highest BCUT2D eigenvalue weighted by Crippen LogP contribution is 2.20. The van der Waals surface area contributed by atoms with E-state index in [0.717, 1.165) is 19.1 Å². The Morgan fingerprint density at radius 1 is 1.19 bits per heavy atom. The second-order valence-corrected chi connectivity index (χ2v) is 6.40. The number of rotatable bonds is 7. The molecule has 1 aromatic rings. The molecule has 0 spiro atoms. The molecule has 1 saturated heterocycles. The molecule has 3 heteroatoms. The van der Waals surface area contributed by atoms with Gasteiger partial charge in [0.2, 0.25) is 0 Å². The van der Waals surface area contributed by atoms with Gasteiger partial charge in [0.1, 0.15) is 0 Å². The predicted molar refractivity (Wildman–Crippen MR) is 86.4 cm³/mol. The lowest BCUT2D eigenvalue weighted by molar-refractivity contribution is 0.0589. The van der Waals surface area contributed by atoms with Crippen molar-refractivity contribution in [1.82, 2.24) is 5.32 Å². The number of hydrogen-bond donors (Lipinski definition) is 2. The molecule has 1 aliphatic rings. The minimum atomic E-state index is -0.343. The second kappa shape index (κ2) is 8.52. The summed E-state index contributed by atoms with van der Waals surface area (Å²) in [5, 5.41) is 13.9. The molecule has 21 heavy (non-hydrogen) atoms. The van der Waals surface area contributed by atoms with Gasteiger partial charge in [0, 0.05) is 25.3 Å². The van der Waals surface area contributed by atoms with Crippen molar-refractivity contribution in [2.24, 2.45) is 5.92 Å². The summed E-state index contributed by atoms with van der Waals surface area (Å²) in [6, 6.07) is 10.7. The largest absolute Gasteiger partial charge is 0.391 e. The van der Waals surface area contributed by atoms with Crippen LogP contribution in [0.4, 0.5) is 0 Å². The molecule has 2 N–H and O–H groups in total. The lowest BCUT2D eigenvalue weighted by Crippen LogP contribution is -2.44. The zero-order chi connectivity index (χ0) is 15.1. The Morgan fingerprint density at radius 3 is 2.52 bits per heavy atom. The van der Waals surface area contributed by atoms with Crippen LogP contribution >= 0.6 is 0 Å². The number of ether oxygens (including phenoxy) is 1. The highest BCUT2D eigenvalue weighted by molar-refractivity contribution is 5.15. The summed E-state index contributed by atoms with van der Waals surface area (Å²) in [5.41, 5.74) is 1.19. The molecule has 0 radical (unpaired) electrons. The van der Waals surface area contributed by atoms with Crippen LogP contribution in [-0.2, 0) is 11.2 Å². The number of hydrogen-bond acceptors (Lipinski definition) is 3. The summed E-state index contributed by atoms with van der Waals surface area (Å²) in [5.74, 6) is 0.764. The van der Waals surface area contributed by atoms with Gasteiger partial charge < -0.3 is 15.2 Å². The molecule has 0 aromatic heterocycles. The van der Waals surface area contributed by atoms with E-state index in [1.807, 2.05) is 18.2 Å². The van der Waals surface area contributed by atoms with Crippen LogP contribution in [0, 0.1) is 5.92 Å². The third-order valence-corrected chi connectivity index (χ3v) is 4.44. The molecule has 1 fully saturated rings. The van der Waals surface area contributed by atoms with E-state index in [1.165, 1.54) is 24.8 Å². The Morgan fingerprint density at radius 2 is 1.86 bits per heavy atom. The minimum absolute atomic E-state index is 0.111. The summed E-state index contributed by atoms with van der Waals surface area (Å²) in [6.07, 6.45) is 3.88. The van der Waals surface area contributed by atoms with E-state index in [-0.39, 0.29) is 12.1 Å². The lowest BCUT2D eigenvalue weighted by Gasteiger charge is -2.29. The van der Waals surface area contributed by atoms with Crippen LogP contribution in [-0.4, -0.2) is 36.5 Å². The van der Waals surface area contributed by atoms with Gasteiger partial charge >= 0.3 is 0 Å². The van der Waals surface area contributed by atoms with Crippen LogP contribution in [0.1, 0.15) is 38.7 Å². The van der Waals surface area contributed by atoms with Crippen LogP contribution in [0.15, 0.2) is 30.3 Å². The maximum absolute atomic E-state index is 10.3. The zero-order valence-corrected chi connectivity index (χ0v) is 13.3. The van der Waals surface area contributed by atoms with E-state index in [9.17, 15) is 5.11 Å². The number of nitrogens with one attached hydrogen (secondary N) is 1. The highest BCUT2D eigenvalue weighted by Gasteiger charge is 2.20. The summed E-state index contributed by atoms with van der Waals surface area (Å²) < 4.78 is 5.41. The molecule has 2 rings (SSSR count). The molecule has 118 valence electrons. The first-order valence-electron chi connectivity index (χ1n) is 8.21. The van der Waals surface area contributed by atoms with Gasteiger partial charge in [-0.05, 0) is 51.0 Å². The first-order valence-corrected chi connectivity index (χ1v) is 8.21. The van der Waals surface area contributed by atoms with Gasteiger partial charge in [-0.2, -0.15) is 0 Å². The highest BCUT2D eigenvalue weighted by atomic mass is 16.5. The van der Waals surface area contributed by atoms with Gasteiger partial charge in [-0.25, -0.2) is 0 Å².